The molecule has 6 aromatic heterocycles. The van der Waals surface area contributed by atoms with Gasteiger partial charge in [-0.2, -0.15) is 0 Å². The molecule has 0 amide bonds. The first-order chi connectivity index (χ1) is 45.6. The van der Waals surface area contributed by atoms with E-state index in [1.54, 1.807) is 0 Å². The van der Waals surface area contributed by atoms with Crippen molar-refractivity contribution in [1.82, 2.24) is 49.0 Å². The maximum Gasteiger partial charge on any atom is 0.182 e. The highest BCUT2D eigenvalue weighted by Crippen LogP contribution is 2.42. The topological polar surface area (TPSA) is 113 Å². The second-order valence-corrected chi connectivity index (χ2v) is 22.7. The van der Waals surface area contributed by atoms with Crippen LogP contribution in [0.15, 0.2) is 315 Å². The van der Waals surface area contributed by atoms with E-state index in [2.05, 4.69) is 179 Å². The largest absolute Gasteiger partial charge is 0.293 e. The number of nitrogens with zero attached hydrogens (tertiary/aromatic N) is 10. The predicted octanol–water partition coefficient (Wildman–Crippen LogP) is 19.7. The zero-order valence-electron chi connectivity index (χ0n) is 49.5. The van der Waals surface area contributed by atoms with Crippen molar-refractivity contribution in [2.75, 3.05) is 0 Å². The standard InChI is InChI=1S/C82H52N10/c1-5-24-53(25-6-1)77-85-78(54-26-7-2-8-27-54)88-81(87-77)69-44-22-48-73(83-69)91-71-46-15-13-38-65(71)67-42-20-40-63(75(67)91)61-36-18-34-59(51-61)57-32-17-33-58(50-57)60-35-19-37-62(52-60)64-41-21-43-68-66-39-14-16-47-72(66)92(76(64)68)74-49-23-45-70(84-74)82-89-79(55-28-9-3-10-29-55)86-80(90-82)56-30-11-4-12-31-56/h1-52H. The van der Waals surface area contributed by atoms with E-state index >= 15 is 0 Å². The second kappa shape index (κ2) is 22.8. The first-order valence-electron chi connectivity index (χ1n) is 30.7. The molecule has 430 valence electrons. The molecule has 6 heterocycles. The molecular weight excluding hydrogens is 1120 g/mol. The summed E-state index contributed by atoms with van der Waals surface area (Å²) >= 11 is 0. The maximum absolute atomic E-state index is 5.40. The molecule has 0 unspecified atom stereocenters. The molecule has 0 aliphatic rings. The molecule has 0 saturated carbocycles. The molecule has 0 bridgehead atoms. The summed E-state index contributed by atoms with van der Waals surface area (Å²) < 4.78 is 4.57. The van der Waals surface area contributed by atoms with Gasteiger partial charge in [0, 0.05) is 54.9 Å². The molecule has 10 heteroatoms. The lowest BCUT2D eigenvalue weighted by Gasteiger charge is -2.14. The minimum absolute atomic E-state index is 0.493. The van der Waals surface area contributed by atoms with Gasteiger partial charge in [0.2, 0.25) is 0 Å². The number of pyridine rings is 2. The van der Waals surface area contributed by atoms with Crippen molar-refractivity contribution < 1.29 is 0 Å². The predicted molar refractivity (Wildman–Crippen MR) is 372 cm³/mol. The molecule has 0 aliphatic heterocycles. The smallest absolute Gasteiger partial charge is 0.182 e. The van der Waals surface area contributed by atoms with Crippen LogP contribution >= 0.6 is 0 Å². The lowest BCUT2D eigenvalue weighted by Crippen LogP contribution is -2.03. The summed E-state index contributed by atoms with van der Waals surface area (Å²) in [6.45, 7) is 0. The van der Waals surface area contributed by atoms with Gasteiger partial charge < -0.3 is 0 Å². The number of hydrogen-bond donors (Lipinski definition) is 0. The normalized spacial score (nSPS) is 11.5. The van der Waals surface area contributed by atoms with E-state index in [1.807, 2.05) is 146 Å². The van der Waals surface area contributed by atoms with Crippen LogP contribution in [-0.4, -0.2) is 49.0 Å². The van der Waals surface area contributed by atoms with Crippen molar-refractivity contribution in [3.8, 4) is 125 Å². The van der Waals surface area contributed by atoms with Crippen molar-refractivity contribution in [1.29, 1.82) is 0 Å². The lowest BCUT2D eigenvalue weighted by molar-refractivity contribution is 1.03. The Labute approximate surface area is 529 Å². The van der Waals surface area contributed by atoms with E-state index in [1.165, 1.54) is 0 Å². The molecule has 92 heavy (non-hydrogen) atoms. The molecule has 11 aromatic carbocycles. The minimum atomic E-state index is 0.493. The molecule has 0 saturated heterocycles. The quantitative estimate of drug-likeness (QED) is 0.119. The molecule has 0 atom stereocenters. The Bertz CT molecular complexity index is 5190. The molecular formula is C82H52N10. The van der Waals surface area contributed by atoms with Gasteiger partial charge in [-0.15, -0.1) is 0 Å². The minimum Gasteiger partial charge on any atom is -0.293 e. The Hall–Kier alpha value is -12.7. The Morgan fingerprint density at radius 2 is 0.457 bits per heavy atom. The molecule has 17 rings (SSSR count). The van der Waals surface area contributed by atoms with Crippen molar-refractivity contribution in [3.63, 3.8) is 0 Å². The SMILES string of the molecule is c1ccc(-c2nc(-c3ccccc3)nc(-c3cccc(-n4c5ccccc5c5cccc(-c6cccc(-c7cccc(-c8cccc(-c9cccc%10c%11ccccc%11n(-c%11cccc(-c%12nc(-c%13ccccc%13)nc(-c%13ccccc%13)n%12)n%11)c9%10)c8)c7)c6)c54)n3)n2)cc1. The maximum atomic E-state index is 5.40. The highest BCUT2D eigenvalue weighted by molar-refractivity contribution is 6.15. The molecule has 10 nitrogen and oxygen atoms in total. The summed E-state index contributed by atoms with van der Waals surface area (Å²) in [4.78, 5) is 40.9. The molecule has 0 aliphatic carbocycles. The summed E-state index contributed by atoms with van der Waals surface area (Å²) in [7, 11) is 0. The average molecular weight is 1180 g/mol. The van der Waals surface area contributed by atoms with Crippen LogP contribution in [0.3, 0.4) is 0 Å². The van der Waals surface area contributed by atoms with E-state index in [4.69, 9.17) is 39.9 Å². The third-order valence-corrected chi connectivity index (χ3v) is 17.0. The van der Waals surface area contributed by atoms with Gasteiger partial charge in [0.05, 0.1) is 22.1 Å². The molecule has 0 fully saturated rings. The van der Waals surface area contributed by atoms with E-state index in [0.717, 1.165) is 122 Å². The van der Waals surface area contributed by atoms with Gasteiger partial charge in [0.1, 0.15) is 23.0 Å². The zero-order valence-corrected chi connectivity index (χ0v) is 49.5. The molecule has 0 radical (unpaired) electrons. The summed E-state index contributed by atoms with van der Waals surface area (Å²) in [6.07, 6.45) is 0. The first-order valence-corrected chi connectivity index (χ1v) is 30.7. The van der Waals surface area contributed by atoms with Crippen LogP contribution in [0.2, 0.25) is 0 Å². The highest BCUT2D eigenvalue weighted by Gasteiger charge is 2.23. The fourth-order valence-corrected chi connectivity index (χ4v) is 12.8. The Morgan fingerprint density at radius 1 is 0.185 bits per heavy atom. The lowest BCUT2D eigenvalue weighted by atomic mass is 9.94. The third kappa shape index (κ3) is 9.72. The number of aromatic nitrogens is 10. The van der Waals surface area contributed by atoms with E-state index in [0.29, 0.717) is 46.3 Å². The molecule has 0 spiro atoms. The Morgan fingerprint density at radius 3 is 0.826 bits per heavy atom. The van der Waals surface area contributed by atoms with Crippen LogP contribution in [-0.2, 0) is 0 Å². The van der Waals surface area contributed by atoms with Crippen LogP contribution in [0.4, 0.5) is 0 Å². The van der Waals surface area contributed by atoms with Crippen LogP contribution in [0.1, 0.15) is 0 Å². The van der Waals surface area contributed by atoms with Crippen molar-refractivity contribution in [3.05, 3.63) is 315 Å². The van der Waals surface area contributed by atoms with Crippen LogP contribution < -0.4 is 0 Å². The van der Waals surface area contributed by atoms with Crippen LogP contribution in [0, 0.1) is 0 Å². The molecule has 17 aromatic rings. The first kappa shape index (κ1) is 53.6. The number of rotatable bonds is 12. The average Bonchev–Trinajstić information content (AvgIpc) is 1.60. The Kier molecular flexibility index (Phi) is 13.3. The summed E-state index contributed by atoms with van der Waals surface area (Å²) in [5.74, 6) is 4.83. The fourth-order valence-electron chi connectivity index (χ4n) is 12.8. The highest BCUT2D eigenvalue weighted by atomic mass is 15.1. The van der Waals surface area contributed by atoms with Crippen molar-refractivity contribution >= 4 is 43.6 Å². The van der Waals surface area contributed by atoms with E-state index in [-0.39, 0.29) is 0 Å². The van der Waals surface area contributed by atoms with E-state index < -0.39 is 0 Å². The van der Waals surface area contributed by atoms with Gasteiger partial charge >= 0.3 is 0 Å². The van der Waals surface area contributed by atoms with Crippen molar-refractivity contribution in [2.45, 2.75) is 0 Å². The summed E-state index contributed by atoms with van der Waals surface area (Å²) in [5.41, 5.74) is 17.9. The summed E-state index contributed by atoms with van der Waals surface area (Å²) in [5, 5.41) is 4.53. The van der Waals surface area contributed by atoms with E-state index in [9.17, 15) is 0 Å². The van der Waals surface area contributed by atoms with Gasteiger partial charge in [-0.3, -0.25) is 9.13 Å². The number of fused-ring (bicyclic) bond motifs is 6. The number of para-hydroxylation sites is 4. The number of benzene rings is 11. The monoisotopic (exact) mass is 1180 g/mol. The van der Waals surface area contributed by atoms with Gasteiger partial charge in [-0.05, 0) is 88.0 Å². The summed E-state index contributed by atoms with van der Waals surface area (Å²) in [6, 6.07) is 109. The zero-order chi connectivity index (χ0) is 60.9. The van der Waals surface area contributed by atoms with Crippen LogP contribution in [0.5, 0.6) is 0 Å². The second-order valence-electron chi connectivity index (χ2n) is 22.7. The molecule has 0 N–H and O–H groups in total. The van der Waals surface area contributed by atoms with Crippen LogP contribution in [0.25, 0.3) is 168 Å². The van der Waals surface area contributed by atoms with Gasteiger partial charge in [0.25, 0.3) is 0 Å². The number of hydrogen-bond acceptors (Lipinski definition) is 8. The van der Waals surface area contributed by atoms with Gasteiger partial charge in [-0.25, -0.2) is 39.9 Å². The van der Waals surface area contributed by atoms with Crippen molar-refractivity contribution in [2.24, 2.45) is 0 Å². The van der Waals surface area contributed by atoms with Gasteiger partial charge in [0.15, 0.2) is 34.9 Å². The van der Waals surface area contributed by atoms with Gasteiger partial charge in [-0.1, -0.05) is 261 Å². The fraction of sp³-hybridized carbons (Fsp3) is 0. The third-order valence-electron chi connectivity index (χ3n) is 17.0. The Balaban J connectivity index is 0.735.